The van der Waals surface area contributed by atoms with E-state index in [-0.39, 0.29) is 23.8 Å². The third-order valence-electron chi connectivity index (χ3n) is 6.48. The fourth-order valence-electron chi connectivity index (χ4n) is 4.75. The minimum Gasteiger partial charge on any atom is -0.495 e. The highest BCUT2D eigenvalue weighted by Gasteiger charge is 2.32. The van der Waals surface area contributed by atoms with E-state index < -0.39 is 0 Å². The quantitative estimate of drug-likeness (QED) is 0.738. The molecule has 1 N–H and O–H groups in total. The van der Waals surface area contributed by atoms with Gasteiger partial charge >= 0.3 is 0 Å². The summed E-state index contributed by atoms with van der Waals surface area (Å²) in [6.07, 6.45) is 3.43. The van der Waals surface area contributed by atoms with Gasteiger partial charge in [-0.25, -0.2) is 0 Å². The zero-order valence-electron chi connectivity index (χ0n) is 18.3. The summed E-state index contributed by atoms with van der Waals surface area (Å²) >= 11 is 1.81. The van der Waals surface area contributed by atoms with Gasteiger partial charge in [-0.1, -0.05) is 19.1 Å². The summed E-state index contributed by atoms with van der Waals surface area (Å²) in [7, 11) is 1.60. The zero-order valence-corrected chi connectivity index (χ0v) is 19.1. The molecule has 2 amide bonds. The lowest BCUT2D eigenvalue weighted by Crippen LogP contribution is -2.47. The van der Waals surface area contributed by atoms with Crippen LogP contribution in [0.25, 0.3) is 0 Å². The number of carbonyl (C=O) groups is 2. The molecule has 31 heavy (non-hydrogen) atoms. The largest absolute Gasteiger partial charge is 0.495 e. The Morgan fingerprint density at radius 3 is 2.68 bits per heavy atom. The summed E-state index contributed by atoms with van der Waals surface area (Å²) in [6.45, 7) is 4.94. The Labute approximate surface area is 188 Å². The van der Waals surface area contributed by atoms with Gasteiger partial charge < -0.3 is 15.0 Å². The molecule has 2 aliphatic heterocycles. The number of ether oxygens (including phenoxy) is 1. The van der Waals surface area contributed by atoms with Crippen LogP contribution in [0.15, 0.2) is 35.7 Å². The number of hydrogen-bond donors (Lipinski definition) is 1. The highest BCUT2D eigenvalue weighted by molar-refractivity contribution is 7.10. The van der Waals surface area contributed by atoms with Crippen molar-refractivity contribution >= 4 is 28.8 Å². The van der Waals surface area contributed by atoms with Gasteiger partial charge in [0.15, 0.2) is 0 Å². The fourth-order valence-corrected chi connectivity index (χ4v) is 5.68. The standard InChI is InChI=1S/C24H31N3O3S/c1-3-20-18-11-15-31-22(18)10-14-27(20)23(28)16-26-12-8-17(9-13-26)24(29)25-19-6-4-5-7-21(19)30-2/h4-7,11,15,17,20H,3,8-10,12-14,16H2,1-2H3,(H,25,29). The van der Waals surface area contributed by atoms with Crippen LogP contribution in [0, 0.1) is 5.92 Å². The molecule has 0 aliphatic carbocycles. The number of likely N-dealkylation sites (tertiary alicyclic amines) is 1. The zero-order chi connectivity index (χ0) is 21.8. The van der Waals surface area contributed by atoms with Crippen molar-refractivity contribution in [3.63, 3.8) is 0 Å². The second kappa shape index (κ2) is 9.83. The predicted molar refractivity (Wildman–Crippen MR) is 124 cm³/mol. The Hall–Kier alpha value is -2.38. The first-order valence-corrected chi connectivity index (χ1v) is 12.0. The first kappa shape index (κ1) is 21.8. The molecule has 6 nitrogen and oxygen atoms in total. The molecule has 1 fully saturated rings. The number of nitrogens with one attached hydrogen (secondary N) is 1. The van der Waals surface area contributed by atoms with Gasteiger partial charge in [0.2, 0.25) is 11.8 Å². The first-order chi connectivity index (χ1) is 15.1. The van der Waals surface area contributed by atoms with Crippen LogP contribution in [0.3, 0.4) is 0 Å². The van der Waals surface area contributed by atoms with E-state index in [1.54, 1.807) is 18.4 Å². The molecular weight excluding hydrogens is 410 g/mol. The monoisotopic (exact) mass is 441 g/mol. The molecule has 0 spiro atoms. The highest BCUT2D eigenvalue weighted by atomic mass is 32.1. The lowest BCUT2D eigenvalue weighted by atomic mass is 9.95. The molecule has 1 atom stereocenters. The first-order valence-electron chi connectivity index (χ1n) is 11.1. The van der Waals surface area contributed by atoms with E-state index in [1.165, 1.54) is 10.4 Å². The van der Waals surface area contributed by atoms with E-state index in [1.807, 2.05) is 24.3 Å². The van der Waals surface area contributed by atoms with Crippen molar-refractivity contribution in [3.8, 4) is 5.75 Å². The van der Waals surface area contributed by atoms with Gasteiger partial charge in [0.1, 0.15) is 5.75 Å². The van der Waals surface area contributed by atoms with Gasteiger partial charge in [0.25, 0.3) is 0 Å². The van der Waals surface area contributed by atoms with Gasteiger partial charge in [-0.15, -0.1) is 11.3 Å². The molecule has 0 radical (unpaired) electrons. The second-order valence-electron chi connectivity index (χ2n) is 8.30. The number of nitrogens with zero attached hydrogens (tertiary/aromatic N) is 2. The highest BCUT2D eigenvalue weighted by Crippen LogP contribution is 2.35. The molecule has 166 valence electrons. The van der Waals surface area contributed by atoms with E-state index in [0.29, 0.717) is 18.0 Å². The average molecular weight is 442 g/mol. The number of thiophene rings is 1. The molecule has 1 unspecified atom stereocenters. The molecular formula is C24H31N3O3S. The van der Waals surface area contributed by atoms with Crippen molar-refractivity contribution in [1.29, 1.82) is 0 Å². The smallest absolute Gasteiger partial charge is 0.237 e. The van der Waals surface area contributed by atoms with Gasteiger partial charge in [0, 0.05) is 17.3 Å². The van der Waals surface area contributed by atoms with Crippen molar-refractivity contribution < 1.29 is 14.3 Å². The van der Waals surface area contributed by atoms with Crippen molar-refractivity contribution in [2.45, 2.75) is 38.6 Å². The van der Waals surface area contributed by atoms with E-state index in [2.05, 4.69) is 33.5 Å². The average Bonchev–Trinajstić information content (AvgIpc) is 3.28. The molecule has 4 rings (SSSR count). The van der Waals surface area contributed by atoms with Crippen molar-refractivity contribution in [2.75, 3.05) is 38.6 Å². The number of hydrogen-bond acceptors (Lipinski definition) is 5. The number of benzene rings is 1. The number of rotatable bonds is 6. The lowest BCUT2D eigenvalue weighted by molar-refractivity contribution is -0.135. The van der Waals surface area contributed by atoms with Gasteiger partial charge in [-0.05, 0) is 67.9 Å². The summed E-state index contributed by atoms with van der Waals surface area (Å²) in [5, 5.41) is 5.14. The molecule has 1 aromatic carbocycles. The number of fused-ring (bicyclic) bond motifs is 1. The van der Waals surface area contributed by atoms with Gasteiger partial charge in [-0.3, -0.25) is 14.5 Å². The van der Waals surface area contributed by atoms with Crippen LogP contribution in [0.5, 0.6) is 5.75 Å². The van der Waals surface area contributed by atoms with Crippen molar-refractivity contribution in [1.82, 2.24) is 9.80 Å². The van der Waals surface area contributed by atoms with Crippen LogP contribution in [0.1, 0.15) is 42.7 Å². The van der Waals surface area contributed by atoms with Gasteiger partial charge in [-0.2, -0.15) is 0 Å². The second-order valence-corrected chi connectivity index (χ2v) is 9.30. The summed E-state index contributed by atoms with van der Waals surface area (Å²) in [6, 6.07) is 9.84. The maximum atomic E-state index is 13.1. The number of methoxy groups -OCH3 is 1. The summed E-state index contributed by atoms with van der Waals surface area (Å²) in [5.41, 5.74) is 2.04. The topological polar surface area (TPSA) is 61.9 Å². The number of piperidine rings is 1. The van der Waals surface area contributed by atoms with Crippen LogP contribution in [-0.4, -0.2) is 54.9 Å². The molecule has 7 heteroatoms. The molecule has 2 aromatic rings. The maximum Gasteiger partial charge on any atom is 0.237 e. The van der Waals surface area contributed by atoms with E-state index in [9.17, 15) is 9.59 Å². The van der Waals surface area contributed by atoms with Crippen LogP contribution >= 0.6 is 11.3 Å². The Kier molecular flexibility index (Phi) is 6.92. The molecule has 0 bridgehead atoms. The third kappa shape index (κ3) is 4.77. The van der Waals surface area contributed by atoms with E-state index >= 15 is 0 Å². The summed E-state index contributed by atoms with van der Waals surface area (Å²) in [5.74, 6) is 0.867. The number of carbonyl (C=O) groups excluding carboxylic acids is 2. The van der Waals surface area contributed by atoms with Crippen molar-refractivity contribution in [3.05, 3.63) is 46.2 Å². The number of anilines is 1. The van der Waals surface area contributed by atoms with Crippen LogP contribution in [0.4, 0.5) is 5.69 Å². The molecule has 2 aliphatic rings. The fraction of sp³-hybridized carbons (Fsp3) is 0.500. The summed E-state index contributed by atoms with van der Waals surface area (Å²) < 4.78 is 5.32. The molecule has 0 saturated carbocycles. The normalized spacial score (nSPS) is 19.7. The number of para-hydroxylation sites is 2. The Morgan fingerprint density at radius 2 is 1.94 bits per heavy atom. The lowest BCUT2D eigenvalue weighted by Gasteiger charge is -2.38. The maximum absolute atomic E-state index is 13.1. The SMILES string of the molecule is CCC1c2ccsc2CCN1C(=O)CN1CCC(C(=O)Nc2ccccc2OC)CC1. The van der Waals surface area contributed by atoms with Gasteiger partial charge in [0.05, 0.1) is 25.4 Å². The van der Waals surface area contributed by atoms with E-state index in [0.717, 1.165) is 45.3 Å². The minimum atomic E-state index is -0.0389. The Bertz CT molecular complexity index is 920. The minimum absolute atomic E-state index is 0.0301. The van der Waals surface area contributed by atoms with E-state index in [4.69, 9.17) is 4.74 Å². The van der Waals surface area contributed by atoms with Crippen molar-refractivity contribution in [2.24, 2.45) is 5.92 Å². The summed E-state index contributed by atoms with van der Waals surface area (Å²) in [4.78, 5) is 31.5. The molecule has 1 saturated heterocycles. The van der Waals surface area contributed by atoms with Crippen LogP contribution in [0.2, 0.25) is 0 Å². The molecule has 3 heterocycles. The third-order valence-corrected chi connectivity index (χ3v) is 7.48. The number of amides is 2. The molecule has 1 aromatic heterocycles. The van der Waals surface area contributed by atoms with Crippen LogP contribution < -0.4 is 10.1 Å². The van der Waals surface area contributed by atoms with Crippen LogP contribution in [-0.2, 0) is 16.0 Å². The Balaban J connectivity index is 1.29. The predicted octanol–water partition coefficient (Wildman–Crippen LogP) is 3.94. The Morgan fingerprint density at radius 1 is 1.16 bits per heavy atom.